The van der Waals surface area contributed by atoms with Crippen molar-refractivity contribution in [3.8, 4) is 11.5 Å². The molecule has 0 fully saturated rings. The van der Waals surface area contributed by atoms with Crippen LogP contribution in [0.2, 0.25) is 0 Å². The van der Waals surface area contributed by atoms with Gasteiger partial charge in [0.05, 0.1) is 6.20 Å². The van der Waals surface area contributed by atoms with E-state index < -0.39 is 23.6 Å². The molecule has 3 N–H and O–H groups in total. The highest BCUT2D eigenvalue weighted by Gasteiger charge is 2.28. The summed E-state index contributed by atoms with van der Waals surface area (Å²) in [5.41, 5.74) is 6.11. The Morgan fingerprint density at radius 3 is 2.44 bits per heavy atom. The molecule has 136 valence electrons. The van der Waals surface area contributed by atoms with Crippen LogP contribution >= 0.6 is 0 Å². The number of nitrogens with one attached hydrogen (secondary N) is 1. The predicted molar refractivity (Wildman–Crippen MR) is 93.1 cm³/mol. The van der Waals surface area contributed by atoms with Gasteiger partial charge in [0.1, 0.15) is 17.3 Å². The Hall–Kier alpha value is -3.88. The molecular formula is C18H15N5O4. The molecule has 0 aromatic carbocycles. The minimum absolute atomic E-state index is 0.0125. The molecule has 3 aromatic heterocycles. The number of pyridine rings is 2. The molecule has 0 aliphatic rings. The van der Waals surface area contributed by atoms with Crippen molar-refractivity contribution >= 4 is 17.6 Å². The zero-order chi connectivity index (χ0) is 19.2. The number of ketones is 1. The van der Waals surface area contributed by atoms with E-state index in [2.05, 4.69) is 20.4 Å². The molecule has 3 rings (SSSR count). The van der Waals surface area contributed by atoms with E-state index in [4.69, 9.17) is 10.3 Å². The molecule has 9 nitrogen and oxygen atoms in total. The van der Waals surface area contributed by atoms with Gasteiger partial charge in [-0.1, -0.05) is 17.3 Å². The molecule has 0 bridgehead atoms. The third kappa shape index (κ3) is 4.21. The Bertz CT molecular complexity index is 956. The number of nitrogens with zero attached hydrogens (tertiary/aromatic N) is 3. The zero-order valence-corrected chi connectivity index (χ0v) is 14.0. The topological polar surface area (TPSA) is 141 Å². The summed E-state index contributed by atoms with van der Waals surface area (Å²) in [5, 5.41) is 6.13. The minimum Gasteiger partial charge on any atom is -0.363 e. The number of hydrogen-bond donors (Lipinski definition) is 2. The van der Waals surface area contributed by atoms with Crippen molar-refractivity contribution in [2.75, 3.05) is 0 Å². The van der Waals surface area contributed by atoms with Crippen LogP contribution in [-0.4, -0.2) is 38.8 Å². The van der Waals surface area contributed by atoms with E-state index in [1.165, 1.54) is 6.20 Å². The fourth-order valence-electron chi connectivity index (χ4n) is 2.43. The lowest BCUT2D eigenvalue weighted by molar-refractivity contribution is -0.137. The molecule has 1 atom stereocenters. The highest BCUT2D eigenvalue weighted by Crippen LogP contribution is 2.21. The average molecular weight is 365 g/mol. The molecule has 1 unspecified atom stereocenters. The number of hydrogen-bond acceptors (Lipinski definition) is 7. The highest BCUT2D eigenvalue weighted by atomic mass is 16.5. The minimum atomic E-state index is -1.17. The van der Waals surface area contributed by atoms with Crippen LogP contribution in [0.25, 0.3) is 11.5 Å². The van der Waals surface area contributed by atoms with Gasteiger partial charge in [-0.15, -0.1) is 0 Å². The van der Waals surface area contributed by atoms with Crippen molar-refractivity contribution in [3.05, 3.63) is 66.2 Å². The lowest BCUT2D eigenvalue weighted by Crippen LogP contribution is -2.47. The molecule has 3 aromatic rings. The SMILES string of the molecule is NC(=O)C(=O)C(Cc1ccccn1)NC(=O)c1cnoc1-c1ccccn1. The summed E-state index contributed by atoms with van der Waals surface area (Å²) in [5.74, 6) is -2.57. The highest BCUT2D eigenvalue weighted by molar-refractivity contribution is 6.38. The largest absolute Gasteiger partial charge is 0.363 e. The Morgan fingerprint density at radius 2 is 1.81 bits per heavy atom. The Balaban J connectivity index is 1.84. The molecule has 2 amide bonds. The molecule has 27 heavy (non-hydrogen) atoms. The molecule has 3 heterocycles. The van der Waals surface area contributed by atoms with Gasteiger partial charge in [-0.2, -0.15) is 0 Å². The maximum atomic E-state index is 12.7. The monoisotopic (exact) mass is 365 g/mol. The normalized spacial score (nSPS) is 11.6. The Kier molecular flexibility index (Phi) is 5.31. The summed E-state index contributed by atoms with van der Waals surface area (Å²) in [6.45, 7) is 0. The smallest absolute Gasteiger partial charge is 0.287 e. The lowest BCUT2D eigenvalue weighted by Gasteiger charge is -2.15. The molecule has 9 heteroatoms. The Morgan fingerprint density at radius 1 is 1.07 bits per heavy atom. The fraction of sp³-hybridized carbons (Fsp3) is 0.111. The standard InChI is InChI=1S/C18H15N5O4/c19-17(25)15(24)14(9-11-5-1-3-7-20-11)23-18(26)12-10-22-27-16(12)13-6-2-4-8-21-13/h1-8,10,14H,9H2,(H2,19,25)(H,23,26). The first kappa shape index (κ1) is 17.9. The summed E-state index contributed by atoms with van der Waals surface area (Å²) in [6, 6.07) is 9.04. The molecule has 0 saturated carbocycles. The van der Waals surface area contributed by atoms with Gasteiger partial charge >= 0.3 is 0 Å². The summed E-state index contributed by atoms with van der Waals surface area (Å²) in [7, 11) is 0. The number of nitrogens with two attached hydrogens (primary N) is 1. The van der Waals surface area contributed by atoms with Crippen LogP contribution in [0.15, 0.2) is 59.5 Å². The maximum absolute atomic E-state index is 12.7. The van der Waals surface area contributed by atoms with Crippen molar-refractivity contribution in [2.24, 2.45) is 5.73 Å². The number of carbonyl (C=O) groups excluding carboxylic acids is 3. The molecule has 0 aliphatic carbocycles. The molecular weight excluding hydrogens is 350 g/mol. The number of primary amides is 1. The quantitative estimate of drug-likeness (QED) is 0.582. The van der Waals surface area contributed by atoms with E-state index in [-0.39, 0.29) is 17.7 Å². The van der Waals surface area contributed by atoms with Gasteiger partial charge in [-0.25, -0.2) is 0 Å². The van der Waals surface area contributed by atoms with Crippen molar-refractivity contribution < 1.29 is 18.9 Å². The van der Waals surface area contributed by atoms with Gasteiger partial charge in [0.25, 0.3) is 11.8 Å². The van der Waals surface area contributed by atoms with Crippen LogP contribution in [0, 0.1) is 0 Å². The van der Waals surface area contributed by atoms with E-state index in [1.54, 1.807) is 48.8 Å². The summed E-state index contributed by atoms with van der Waals surface area (Å²) < 4.78 is 5.12. The second-order valence-corrected chi connectivity index (χ2v) is 5.56. The number of amides is 2. The second-order valence-electron chi connectivity index (χ2n) is 5.56. The molecule has 0 aliphatic heterocycles. The fourth-order valence-corrected chi connectivity index (χ4v) is 2.43. The van der Waals surface area contributed by atoms with E-state index in [0.717, 1.165) is 0 Å². The first-order valence-corrected chi connectivity index (χ1v) is 7.96. The van der Waals surface area contributed by atoms with Gasteiger partial charge in [0, 0.05) is 24.5 Å². The average Bonchev–Trinajstić information content (AvgIpc) is 3.18. The third-order valence-corrected chi connectivity index (χ3v) is 3.72. The van der Waals surface area contributed by atoms with E-state index in [1.807, 2.05) is 0 Å². The lowest BCUT2D eigenvalue weighted by atomic mass is 10.0. The van der Waals surface area contributed by atoms with E-state index in [9.17, 15) is 14.4 Å². The van der Waals surface area contributed by atoms with Gasteiger partial charge in [-0.05, 0) is 24.3 Å². The van der Waals surface area contributed by atoms with Gasteiger partial charge in [-0.3, -0.25) is 24.4 Å². The first-order valence-electron chi connectivity index (χ1n) is 7.96. The molecule has 0 saturated heterocycles. The summed E-state index contributed by atoms with van der Waals surface area (Å²) in [6.07, 6.45) is 4.31. The van der Waals surface area contributed by atoms with Crippen LogP contribution < -0.4 is 11.1 Å². The number of carbonyl (C=O) groups is 3. The number of aromatic nitrogens is 3. The summed E-state index contributed by atoms with van der Waals surface area (Å²) in [4.78, 5) is 44.4. The molecule has 0 radical (unpaired) electrons. The van der Waals surface area contributed by atoms with Crippen LogP contribution in [0.1, 0.15) is 16.1 Å². The van der Waals surface area contributed by atoms with Crippen molar-refractivity contribution in [2.45, 2.75) is 12.5 Å². The Labute approximate surface area is 153 Å². The predicted octanol–water partition coefficient (Wildman–Crippen LogP) is 0.527. The number of rotatable bonds is 7. The van der Waals surface area contributed by atoms with Gasteiger partial charge in [0.2, 0.25) is 5.78 Å². The zero-order valence-electron chi connectivity index (χ0n) is 14.0. The maximum Gasteiger partial charge on any atom is 0.287 e. The first-order chi connectivity index (χ1) is 13.1. The van der Waals surface area contributed by atoms with Gasteiger partial charge in [0.15, 0.2) is 5.76 Å². The van der Waals surface area contributed by atoms with Crippen molar-refractivity contribution in [1.82, 2.24) is 20.4 Å². The number of Topliss-reactive ketones (excluding diaryl/α,β-unsaturated/α-hetero) is 1. The van der Waals surface area contributed by atoms with Crippen LogP contribution in [0.3, 0.4) is 0 Å². The molecule has 0 spiro atoms. The van der Waals surface area contributed by atoms with Crippen molar-refractivity contribution in [3.63, 3.8) is 0 Å². The van der Waals surface area contributed by atoms with Crippen LogP contribution in [0.4, 0.5) is 0 Å². The third-order valence-electron chi connectivity index (χ3n) is 3.72. The van der Waals surface area contributed by atoms with Crippen molar-refractivity contribution in [1.29, 1.82) is 0 Å². The summed E-state index contributed by atoms with van der Waals surface area (Å²) >= 11 is 0. The van der Waals surface area contributed by atoms with E-state index >= 15 is 0 Å². The van der Waals surface area contributed by atoms with Gasteiger partial charge < -0.3 is 15.6 Å². The van der Waals surface area contributed by atoms with Crippen LogP contribution in [0.5, 0.6) is 0 Å². The second kappa shape index (κ2) is 8.00. The van der Waals surface area contributed by atoms with Crippen LogP contribution in [-0.2, 0) is 16.0 Å². The van der Waals surface area contributed by atoms with E-state index in [0.29, 0.717) is 11.4 Å².